The highest BCUT2D eigenvalue weighted by Crippen LogP contribution is 2.71. The van der Waals surface area contributed by atoms with Crippen molar-refractivity contribution in [1.29, 1.82) is 0 Å². The van der Waals surface area contributed by atoms with Crippen LogP contribution in [0.3, 0.4) is 0 Å². The Morgan fingerprint density at radius 2 is 1.85 bits per heavy atom. The lowest BCUT2D eigenvalue weighted by molar-refractivity contribution is -0.190. The molecule has 5 rings (SSSR count). The van der Waals surface area contributed by atoms with Crippen LogP contribution in [-0.2, 0) is 9.53 Å². The molecule has 1 amide bonds. The van der Waals surface area contributed by atoms with E-state index in [1.54, 1.807) is 43.3 Å². The topological polar surface area (TPSA) is 116 Å². The van der Waals surface area contributed by atoms with Gasteiger partial charge in [-0.1, -0.05) is 51.1 Å². The highest BCUT2D eigenvalue weighted by molar-refractivity contribution is 5.95. The van der Waals surface area contributed by atoms with Crippen molar-refractivity contribution in [3.8, 4) is 0 Å². The number of allylic oxidation sites excluding steroid dienone is 1. The van der Waals surface area contributed by atoms with Crippen LogP contribution in [0.15, 0.2) is 53.6 Å². The summed E-state index contributed by atoms with van der Waals surface area (Å²) in [5.41, 5.74) is -2.32. The summed E-state index contributed by atoms with van der Waals surface area (Å²) in [6.45, 7) is 7.60. The highest BCUT2D eigenvalue weighted by Gasteiger charge is 2.75. The van der Waals surface area contributed by atoms with Gasteiger partial charge in [-0.05, 0) is 59.8 Å². The number of amides is 1. The first-order valence-electron chi connectivity index (χ1n) is 12.0. The van der Waals surface area contributed by atoms with Crippen LogP contribution in [0.5, 0.6) is 0 Å². The second kappa shape index (κ2) is 7.51. The molecule has 0 saturated heterocycles. The molecule has 0 aliphatic heterocycles. The van der Waals surface area contributed by atoms with Crippen LogP contribution in [-0.4, -0.2) is 51.6 Å². The summed E-state index contributed by atoms with van der Waals surface area (Å²) in [4.78, 5) is 26.6. The lowest BCUT2D eigenvalue weighted by atomic mass is 9.59. The van der Waals surface area contributed by atoms with E-state index >= 15 is 0 Å². The fourth-order valence-electron chi connectivity index (χ4n) is 7.24. The summed E-state index contributed by atoms with van der Waals surface area (Å²) < 4.78 is 5.41. The number of nitrogens with one attached hydrogen (secondary N) is 1. The Hall–Kier alpha value is -2.48. The van der Waals surface area contributed by atoms with Crippen molar-refractivity contribution in [3.05, 3.63) is 53.6 Å². The monoisotopic (exact) mass is 467 g/mol. The molecule has 0 radical (unpaired) electrons. The predicted molar refractivity (Wildman–Crippen MR) is 126 cm³/mol. The quantitative estimate of drug-likeness (QED) is 0.508. The Morgan fingerprint density at radius 3 is 2.53 bits per heavy atom. The second-order valence-electron chi connectivity index (χ2n) is 11.2. The minimum Gasteiger partial charge on any atom is -0.445 e. The first-order chi connectivity index (χ1) is 16.0. The van der Waals surface area contributed by atoms with Crippen molar-refractivity contribution < 1.29 is 29.6 Å². The van der Waals surface area contributed by atoms with E-state index in [0.717, 1.165) is 6.42 Å². The van der Waals surface area contributed by atoms with Crippen LogP contribution < -0.4 is 5.32 Å². The molecule has 2 saturated carbocycles. The number of rotatable bonds is 3. The maximum Gasteiger partial charge on any atom is 0.411 e. The normalized spacial score (nSPS) is 41.8. The van der Waals surface area contributed by atoms with Crippen LogP contribution in [0.1, 0.15) is 34.1 Å². The van der Waals surface area contributed by atoms with Crippen LogP contribution in [0.2, 0.25) is 0 Å². The molecule has 1 aromatic carbocycles. The van der Waals surface area contributed by atoms with Gasteiger partial charge in [0.15, 0.2) is 5.78 Å². The minimum atomic E-state index is -2.13. The maximum atomic E-state index is 14.2. The zero-order valence-electron chi connectivity index (χ0n) is 20.0. The number of Topliss-reactive ketones (excluding diaryl/α,β-unsaturated/α-hetero) is 1. The smallest absolute Gasteiger partial charge is 0.411 e. The van der Waals surface area contributed by atoms with Crippen LogP contribution in [0.25, 0.3) is 0 Å². The van der Waals surface area contributed by atoms with Crippen molar-refractivity contribution in [3.63, 3.8) is 0 Å². The van der Waals surface area contributed by atoms with Gasteiger partial charge in [-0.2, -0.15) is 0 Å². The fourth-order valence-corrected chi connectivity index (χ4v) is 7.24. The highest BCUT2D eigenvalue weighted by atomic mass is 16.5. The number of para-hydroxylation sites is 1. The lowest BCUT2D eigenvalue weighted by Crippen LogP contribution is -2.65. The molecule has 1 aromatic rings. The van der Waals surface area contributed by atoms with Gasteiger partial charge in [0.1, 0.15) is 24.4 Å². The van der Waals surface area contributed by atoms with Crippen molar-refractivity contribution in [2.45, 2.75) is 51.9 Å². The van der Waals surface area contributed by atoms with Crippen molar-refractivity contribution in [1.82, 2.24) is 0 Å². The van der Waals surface area contributed by atoms with Gasteiger partial charge in [-0.25, -0.2) is 4.79 Å². The van der Waals surface area contributed by atoms with E-state index < -0.39 is 35.2 Å². The zero-order chi connectivity index (χ0) is 24.6. The standard InChI is InChI=1S/C27H33NO6/c1-14-12-26-15(2)10-19-20(25(19,3)4)18(23(26)31)11-16(22(30)27(26,33)21(14)29)13-34-24(32)28-17-8-6-5-7-9-17/h5-9,11-12,15,18-22,29-30,33H,10,13H2,1-4H3,(H,28,32)/t15-,18+,19-,20+,21+,22-,26+,27-/m1/s1. The lowest BCUT2D eigenvalue weighted by Gasteiger charge is -2.48. The van der Waals surface area contributed by atoms with Crippen molar-refractivity contribution >= 4 is 17.6 Å². The molecule has 34 heavy (non-hydrogen) atoms. The summed E-state index contributed by atoms with van der Waals surface area (Å²) in [5, 5.41) is 37.2. The first-order valence-corrected chi connectivity index (χ1v) is 12.0. The second-order valence-corrected chi connectivity index (χ2v) is 11.2. The molecule has 4 aliphatic rings. The minimum absolute atomic E-state index is 0.0489. The molecule has 182 valence electrons. The number of benzene rings is 1. The van der Waals surface area contributed by atoms with Gasteiger partial charge in [0, 0.05) is 11.6 Å². The van der Waals surface area contributed by atoms with Gasteiger partial charge in [0.05, 0.1) is 5.41 Å². The van der Waals surface area contributed by atoms with Crippen molar-refractivity contribution in [2.24, 2.45) is 34.5 Å². The van der Waals surface area contributed by atoms with E-state index in [1.165, 1.54) is 0 Å². The number of aliphatic hydroxyl groups is 3. The average Bonchev–Trinajstić information content (AvgIpc) is 3.30. The molecule has 0 unspecified atom stereocenters. The molecular weight excluding hydrogens is 434 g/mol. The fraction of sp³-hybridized carbons (Fsp3) is 0.556. The van der Waals surface area contributed by atoms with Gasteiger partial charge in [-0.15, -0.1) is 0 Å². The Kier molecular flexibility index (Phi) is 5.14. The number of aliphatic hydroxyl groups excluding tert-OH is 2. The molecule has 2 bridgehead atoms. The van der Waals surface area contributed by atoms with Crippen LogP contribution in [0.4, 0.5) is 10.5 Å². The van der Waals surface area contributed by atoms with Gasteiger partial charge in [-0.3, -0.25) is 10.1 Å². The summed E-state index contributed by atoms with van der Waals surface area (Å²) in [5.74, 6) is -0.628. The molecule has 7 heteroatoms. The molecule has 0 aromatic heterocycles. The maximum absolute atomic E-state index is 14.2. The largest absolute Gasteiger partial charge is 0.445 e. The number of anilines is 1. The number of ketones is 1. The molecule has 1 spiro atoms. The van der Waals surface area contributed by atoms with Crippen LogP contribution in [0, 0.1) is 34.5 Å². The summed E-state index contributed by atoms with van der Waals surface area (Å²) in [6.07, 6.45) is 0.424. The van der Waals surface area contributed by atoms with E-state index in [1.807, 2.05) is 13.0 Å². The van der Waals surface area contributed by atoms with Gasteiger partial charge < -0.3 is 20.1 Å². The average molecular weight is 468 g/mol. The van der Waals surface area contributed by atoms with Gasteiger partial charge in [0.25, 0.3) is 0 Å². The summed E-state index contributed by atoms with van der Waals surface area (Å²) in [6, 6.07) is 8.83. The SMILES string of the molecule is CC1=C[C@]23C(=O)[C@@H](C=C(COC(=O)Nc4ccccc4)[C@@H](O)[C@]2(O)[C@H]1O)[C@H]1[C@@H](C[C@H]3C)C1(C)C. The summed E-state index contributed by atoms with van der Waals surface area (Å²) in [7, 11) is 0. The molecule has 4 N–H and O–H groups in total. The van der Waals surface area contributed by atoms with Gasteiger partial charge in [0.2, 0.25) is 0 Å². The molecular formula is C27H33NO6. The Bertz CT molecular complexity index is 1090. The number of fused-ring (bicyclic) bond motifs is 3. The van der Waals surface area contributed by atoms with Crippen LogP contribution >= 0.6 is 0 Å². The van der Waals surface area contributed by atoms with E-state index in [2.05, 4.69) is 19.2 Å². The zero-order valence-corrected chi connectivity index (χ0v) is 20.0. The third kappa shape index (κ3) is 2.93. The predicted octanol–water partition coefficient (Wildman–Crippen LogP) is 3.07. The van der Waals surface area contributed by atoms with E-state index in [4.69, 9.17) is 4.74 Å². The number of carbonyl (C=O) groups excluding carboxylic acids is 2. The van der Waals surface area contributed by atoms with Crippen molar-refractivity contribution in [2.75, 3.05) is 11.9 Å². The first kappa shape index (κ1) is 23.3. The van der Waals surface area contributed by atoms with E-state index in [9.17, 15) is 24.9 Å². The summed E-state index contributed by atoms with van der Waals surface area (Å²) >= 11 is 0. The third-order valence-corrected chi connectivity index (χ3v) is 9.14. The Morgan fingerprint density at radius 1 is 1.18 bits per heavy atom. The van der Waals surface area contributed by atoms with Gasteiger partial charge >= 0.3 is 6.09 Å². The van der Waals surface area contributed by atoms with E-state index in [0.29, 0.717) is 17.2 Å². The molecule has 4 aliphatic carbocycles. The number of ether oxygens (including phenoxy) is 1. The number of carbonyl (C=O) groups is 2. The Balaban J connectivity index is 1.51. The molecule has 0 heterocycles. The molecule has 8 atom stereocenters. The third-order valence-electron chi connectivity index (χ3n) is 9.14. The molecule has 7 nitrogen and oxygen atoms in total. The Labute approximate surface area is 199 Å². The number of hydrogen-bond donors (Lipinski definition) is 4. The number of hydrogen-bond acceptors (Lipinski definition) is 6. The molecule has 2 fully saturated rings. The van der Waals surface area contributed by atoms with E-state index in [-0.39, 0.29) is 35.2 Å².